The molecule has 1 unspecified atom stereocenters. The van der Waals surface area contributed by atoms with E-state index < -0.39 is 0 Å². The number of piperidine rings is 1. The van der Waals surface area contributed by atoms with E-state index >= 15 is 0 Å². The van der Waals surface area contributed by atoms with E-state index in [2.05, 4.69) is 17.1 Å². The van der Waals surface area contributed by atoms with Crippen LogP contribution >= 0.6 is 0 Å². The van der Waals surface area contributed by atoms with Crippen LogP contribution < -0.4 is 0 Å². The number of rotatable bonds is 0. The molecule has 0 aromatic rings. The number of nitrogens with zero attached hydrogens (tertiary/aromatic N) is 1. The Balaban J connectivity index is 1.95. The summed E-state index contributed by atoms with van der Waals surface area (Å²) in [6.45, 7) is 1.01. The van der Waals surface area contributed by atoms with Gasteiger partial charge in [0.05, 0.1) is 0 Å². The van der Waals surface area contributed by atoms with Gasteiger partial charge < -0.3 is 4.90 Å². The van der Waals surface area contributed by atoms with E-state index in [4.69, 9.17) is 0 Å². The summed E-state index contributed by atoms with van der Waals surface area (Å²) in [5, 5.41) is 0. The third kappa shape index (κ3) is 0.976. The van der Waals surface area contributed by atoms with Crippen LogP contribution in [-0.4, -0.2) is 23.4 Å². The summed E-state index contributed by atoms with van der Waals surface area (Å²) in [5.74, 6) is 1.86. The standard InChI is InChI=1S/C11H15NO/c13-10-5-4-8-2-1-3-9-6-7-12(10)11(8)9/h1,3,8-9,11H,2,4-7H2/t8-,9+,11?/m0/s1. The molecule has 70 valence electrons. The van der Waals surface area contributed by atoms with E-state index in [0.717, 1.165) is 25.3 Å². The van der Waals surface area contributed by atoms with E-state index in [1.165, 1.54) is 12.8 Å². The SMILES string of the molecule is O=C1CC[C@@H]2CC=C[C@@H]3CCN1C23. The monoisotopic (exact) mass is 177 g/mol. The highest BCUT2D eigenvalue weighted by molar-refractivity contribution is 5.78. The van der Waals surface area contributed by atoms with Crippen molar-refractivity contribution in [1.82, 2.24) is 4.90 Å². The Kier molecular flexibility index (Phi) is 1.52. The predicted molar refractivity (Wildman–Crippen MR) is 50.1 cm³/mol. The van der Waals surface area contributed by atoms with Gasteiger partial charge in [0.2, 0.25) is 5.91 Å². The van der Waals surface area contributed by atoms with E-state index in [9.17, 15) is 4.79 Å². The first-order valence-corrected chi connectivity index (χ1v) is 5.32. The molecule has 0 spiro atoms. The van der Waals surface area contributed by atoms with Gasteiger partial charge in [-0.25, -0.2) is 0 Å². The number of carbonyl (C=O) groups excluding carboxylic acids is 1. The fourth-order valence-corrected chi connectivity index (χ4v) is 3.25. The highest BCUT2D eigenvalue weighted by Crippen LogP contribution is 2.41. The van der Waals surface area contributed by atoms with Gasteiger partial charge >= 0.3 is 0 Å². The van der Waals surface area contributed by atoms with Gasteiger partial charge in [0.15, 0.2) is 0 Å². The molecule has 2 nitrogen and oxygen atoms in total. The molecule has 0 saturated carbocycles. The van der Waals surface area contributed by atoms with E-state index in [0.29, 0.717) is 17.9 Å². The molecule has 2 fully saturated rings. The first-order valence-electron chi connectivity index (χ1n) is 5.32. The molecule has 2 heterocycles. The summed E-state index contributed by atoms with van der Waals surface area (Å²) in [5.41, 5.74) is 0. The van der Waals surface area contributed by atoms with Gasteiger partial charge in [-0.2, -0.15) is 0 Å². The number of hydrogen-bond donors (Lipinski definition) is 0. The molecular weight excluding hydrogens is 162 g/mol. The highest BCUT2D eigenvalue weighted by Gasteiger charge is 2.44. The van der Waals surface area contributed by atoms with Crippen molar-refractivity contribution in [3.63, 3.8) is 0 Å². The van der Waals surface area contributed by atoms with Gasteiger partial charge in [-0.1, -0.05) is 12.2 Å². The van der Waals surface area contributed by atoms with Crippen molar-refractivity contribution in [3.8, 4) is 0 Å². The molecule has 2 aliphatic heterocycles. The lowest BCUT2D eigenvalue weighted by atomic mass is 9.77. The fourth-order valence-electron chi connectivity index (χ4n) is 3.25. The lowest BCUT2D eigenvalue weighted by Crippen LogP contribution is -2.47. The van der Waals surface area contributed by atoms with Gasteiger partial charge in [0, 0.05) is 19.0 Å². The molecule has 3 aliphatic rings. The van der Waals surface area contributed by atoms with Crippen molar-refractivity contribution < 1.29 is 4.79 Å². The summed E-state index contributed by atoms with van der Waals surface area (Å²) in [7, 11) is 0. The van der Waals surface area contributed by atoms with Crippen LogP contribution in [0.3, 0.4) is 0 Å². The summed E-state index contributed by atoms with van der Waals surface area (Å²) < 4.78 is 0. The van der Waals surface area contributed by atoms with Gasteiger partial charge in [-0.15, -0.1) is 0 Å². The Morgan fingerprint density at radius 3 is 3.23 bits per heavy atom. The van der Waals surface area contributed by atoms with E-state index in [1.54, 1.807) is 0 Å². The third-order valence-electron chi connectivity index (χ3n) is 3.86. The topological polar surface area (TPSA) is 20.3 Å². The van der Waals surface area contributed by atoms with Gasteiger partial charge in [0.25, 0.3) is 0 Å². The second-order valence-electron chi connectivity index (χ2n) is 4.49. The third-order valence-corrected chi connectivity index (χ3v) is 3.86. The first-order chi connectivity index (χ1) is 6.36. The first kappa shape index (κ1) is 7.60. The molecule has 0 aromatic carbocycles. The average molecular weight is 177 g/mol. The van der Waals surface area contributed by atoms with Crippen molar-refractivity contribution in [2.24, 2.45) is 11.8 Å². The molecule has 3 atom stereocenters. The van der Waals surface area contributed by atoms with Crippen LogP contribution in [-0.2, 0) is 4.79 Å². The zero-order valence-electron chi connectivity index (χ0n) is 7.78. The summed E-state index contributed by atoms with van der Waals surface area (Å²) in [6.07, 6.45) is 8.97. The maximum atomic E-state index is 11.6. The molecule has 1 amide bonds. The Bertz CT molecular complexity index is 271. The van der Waals surface area contributed by atoms with Crippen LogP contribution in [0.1, 0.15) is 25.7 Å². The second kappa shape index (κ2) is 2.60. The van der Waals surface area contributed by atoms with Crippen LogP contribution in [0.2, 0.25) is 0 Å². The summed E-state index contributed by atoms with van der Waals surface area (Å²) in [6, 6.07) is 0.575. The summed E-state index contributed by atoms with van der Waals surface area (Å²) in [4.78, 5) is 13.7. The fraction of sp³-hybridized carbons (Fsp3) is 0.727. The smallest absolute Gasteiger partial charge is 0.222 e. The molecular formula is C11H15NO. The van der Waals surface area contributed by atoms with E-state index in [1.807, 2.05) is 0 Å². The van der Waals surface area contributed by atoms with Gasteiger partial charge in [-0.05, 0) is 31.1 Å². The highest BCUT2D eigenvalue weighted by atomic mass is 16.2. The maximum absolute atomic E-state index is 11.6. The van der Waals surface area contributed by atoms with Gasteiger partial charge in [0.1, 0.15) is 0 Å². The van der Waals surface area contributed by atoms with Crippen LogP contribution in [0.25, 0.3) is 0 Å². The maximum Gasteiger partial charge on any atom is 0.222 e. The molecule has 0 N–H and O–H groups in total. The van der Waals surface area contributed by atoms with Crippen LogP contribution in [0.4, 0.5) is 0 Å². The quantitative estimate of drug-likeness (QED) is 0.514. The lowest BCUT2D eigenvalue weighted by Gasteiger charge is -2.40. The molecule has 1 aliphatic carbocycles. The number of carbonyl (C=O) groups is 1. The molecule has 3 rings (SSSR count). The Morgan fingerprint density at radius 2 is 2.31 bits per heavy atom. The predicted octanol–water partition coefficient (Wildman–Crippen LogP) is 1.57. The van der Waals surface area contributed by atoms with Crippen molar-refractivity contribution in [2.75, 3.05) is 6.54 Å². The number of amides is 1. The van der Waals surface area contributed by atoms with Gasteiger partial charge in [-0.3, -0.25) is 4.79 Å². The Morgan fingerprint density at radius 1 is 1.38 bits per heavy atom. The minimum absolute atomic E-state index is 0.402. The number of allylic oxidation sites excluding steroid dienone is 1. The normalized spacial score (nSPS) is 42.3. The lowest BCUT2D eigenvalue weighted by molar-refractivity contribution is -0.137. The zero-order valence-corrected chi connectivity index (χ0v) is 7.78. The summed E-state index contributed by atoms with van der Waals surface area (Å²) >= 11 is 0. The second-order valence-corrected chi connectivity index (χ2v) is 4.49. The largest absolute Gasteiger partial charge is 0.339 e. The zero-order chi connectivity index (χ0) is 8.84. The molecule has 0 aromatic heterocycles. The molecule has 2 saturated heterocycles. The molecule has 0 radical (unpaired) electrons. The van der Waals surface area contributed by atoms with Crippen LogP contribution in [0.15, 0.2) is 12.2 Å². The van der Waals surface area contributed by atoms with Crippen molar-refractivity contribution >= 4 is 5.91 Å². The molecule has 0 bridgehead atoms. The van der Waals surface area contributed by atoms with Crippen molar-refractivity contribution in [3.05, 3.63) is 12.2 Å². The number of hydrogen-bond acceptors (Lipinski definition) is 1. The Labute approximate surface area is 78.6 Å². The van der Waals surface area contributed by atoms with Crippen molar-refractivity contribution in [2.45, 2.75) is 31.7 Å². The molecule has 13 heavy (non-hydrogen) atoms. The van der Waals surface area contributed by atoms with Crippen LogP contribution in [0, 0.1) is 11.8 Å². The van der Waals surface area contributed by atoms with Crippen LogP contribution in [0.5, 0.6) is 0 Å². The molecule has 2 heteroatoms. The average Bonchev–Trinajstić information content (AvgIpc) is 2.57. The minimum atomic E-state index is 0.402. The Hall–Kier alpha value is -0.790. The van der Waals surface area contributed by atoms with Crippen molar-refractivity contribution in [1.29, 1.82) is 0 Å². The minimum Gasteiger partial charge on any atom is -0.339 e. The van der Waals surface area contributed by atoms with E-state index in [-0.39, 0.29) is 0 Å².